The first-order valence-electron chi connectivity index (χ1n) is 12.0. The van der Waals surface area contributed by atoms with Crippen LogP contribution in [0.15, 0.2) is 55.5 Å². The van der Waals surface area contributed by atoms with Crippen molar-refractivity contribution in [1.29, 1.82) is 0 Å². The molecule has 1 fully saturated rings. The van der Waals surface area contributed by atoms with Gasteiger partial charge in [-0.05, 0) is 56.5 Å². The van der Waals surface area contributed by atoms with Crippen molar-refractivity contribution in [3.8, 4) is 16.9 Å². The number of nitrogens with zero attached hydrogens (tertiary/aromatic N) is 5. The van der Waals surface area contributed by atoms with Crippen molar-refractivity contribution in [3.63, 3.8) is 0 Å². The van der Waals surface area contributed by atoms with Crippen molar-refractivity contribution in [2.75, 3.05) is 13.1 Å². The monoisotopic (exact) mass is 488 g/mol. The highest BCUT2D eigenvalue weighted by molar-refractivity contribution is 5.91. The molecule has 188 valence electrons. The second-order valence-corrected chi connectivity index (χ2v) is 9.93. The molecule has 9 nitrogen and oxygen atoms in total. The second kappa shape index (κ2) is 10.3. The number of hydrogen-bond donors (Lipinski definition) is 1. The zero-order valence-corrected chi connectivity index (χ0v) is 21.2. The molecule has 0 unspecified atom stereocenters. The van der Waals surface area contributed by atoms with Crippen LogP contribution >= 0.6 is 0 Å². The predicted octanol–water partition coefficient (Wildman–Crippen LogP) is 3.50. The number of benzene rings is 1. The molecule has 9 heteroatoms. The van der Waals surface area contributed by atoms with Gasteiger partial charge in [0, 0.05) is 31.3 Å². The van der Waals surface area contributed by atoms with E-state index in [1.165, 1.54) is 6.08 Å². The van der Waals surface area contributed by atoms with Crippen LogP contribution in [-0.2, 0) is 16.9 Å². The zero-order chi connectivity index (χ0) is 25.9. The first-order valence-corrected chi connectivity index (χ1v) is 12.0. The van der Waals surface area contributed by atoms with Crippen molar-refractivity contribution in [2.24, 2.45) is 0 Å². The van der Waals surface area contributed by atoms with Crippen LogP contribution in [0.3, 0.4) is 0 Å². The fourth-order valence-corrected chi connectivity index (χ4v) is 4.07. The molecule has 0 saturated carbocycles. The first kappa shape index (κ1) is 25.1. The van der Waals surface area contributed by atoms with E-state index in [1.54, 1.807) is 28.2 Å². The predicted molar refractivity (Wildman–Crippen MR) is 136 cm³/mol. The standard InChI is InChI=1S/C27H32N6O3/c1-6-25(34)32-12-10-21(16-32)36-24-15-28-11-9-22(24)19-7-8-20(18(2)13-19)14-29-26(35)23-17-33(31-30-23)27(3,4)5/h6-9,11,13,15,17,21H,1,10,12,14,16H2,2-5H3,(H,29,35)/t21-/m0/s1. The molecule has 4 rings (SSSR count). The molecule has 0 bridgehead atoms. The number of carbonyl (C=O) groups is 2. The normalized spacial score (nSPS) is 15.6. The lowest BCUT2D eigenvalue weighted by molar-refractivity contribution is -0.125. The Morgan fingerprint density at radius 1 is 1.28 bits per heavy atom. The zero-order valence-electron chi connectivity index (χ0n) is 21.2. The lowest BCUT2D eigenvalue weighted by Crippen LogP contribution is -2.29. The van der Waals surface area contributed by atoms with Gasteiger partial charge in [0.1, 0.15) is 11.9 Å². The van der Waals surface area contributed by atoms with Gasteiger partial charge in [-0.15, -0.1) is 5.10 Å². The molecule has 0 radical (unpaired) electrons. The summed E-state index contributed by atoms with van der Waals surface area (Å²) < 4.78 is 7.92. The molecule has 0 spiro atoms. The average Bonchev–Trinajstić information content (AvgIpc) is 3.53. The van der Waals surface area contributed by atoms with Crippen LogP contribution in [0.5, 0.6) is 5.75 Å². The van der Waals surface area contributed by atoms with Crippen LogP contribution in [0.4, 0.5) is 0 Å². The van der Waals surface area contributed by atoms with E-state index in [4.69, 9.17) is 4.74 Å². The number of pyridine rings is 1. The van der Waals surface area contributed by atoms with Crippen LogP contribution < -0.4 is 10.1 Å². The SMILES string of the molecule is C=CC(=O)N1CC[C@H](Oc2cnccc2-c2ccc(CNC(=O)c3cn(C(C)(C)C)nn3)c(C)c2)C1. The quantitative estimate of drug-likeness (QED) is 0.511. The maximum absolute atomic E-state index is 12.6. The minimum atomic E-state index is -0.265. The number of ether oxygens (including phenoxy) is 1. The van der Waals surface area contributed by atoms with Gasteiger partial charge in [-0.2, -0.15) is 0 Å². The Bertz CT molecular complexity index is 1280. The molecular formula is C27H32N6O3. The van der Waals surface area contributed by atoms with Gasteiger partial charge in [0.2, 0.25) is 5.91 Å². The fourth-order valence-electron chi connectivity index (χ4n) is 4.07. The number of aromatic nitrogens is 4. The van der Waals surface area contributed by atoms with Crippen LogP contribution in [0.25, 0.3) is 11.1 Å². The molecular weight excluding hydrogens is 456 g/mol. The topological polar surface area (TPSA) is 102 Å². The van der Waals surface area contributed by atoms with E-state index in [0.717, 1.165) is 28.7 Å². The van der Waals surface area contributed by atoms with Crippen LogP contribution in [0.1, 0.15) is 48.8 Å². The lowest BCUT2D eigenvalue weighted by Gasteiger charge is -2.18. The Balaban J connectivity index is 1.43. The molecule has 1 saturated heterocycles. The lowest BCUT2D eigenvalue weighted by atomic mass is 10.00. The Morgan fingerprint density at radius 3 is 2.78 bits per heavy atom. The van der Waals surface area contributed by atoms with Gasteiger partial charge in [0.15, 0.2) is 5.69 Å². The van der Waals surface area contributed by atoms with E-state index in [1.807, 2.05) is 45.9 Å². The maximum atomic E-state index is 12.6. The molecule has 1 N–H and O–H groups in total. The third-order valence-corrected chi connectivity index (χ3v) is 6.22. The van der Waals surface area contributed by atoms with Gasteiger partial charge in [-0.1, -0.05) is 30.0 Å². The molecule has 1 aromatic carbocycles. The molecule has 2 aromatic heterocycles. The van der Waals surface area contributed by atoms with Crippen molar-refractivity contribution in [2.45, 2.75) is 52.3 Å². The summed E-state index contributed by atoms with van der Waals surface area (Å²) in [4.78, 5) is 30.4. The summed E-state index contributed by atoms with van der Waals surface area (Å²) >= 11 is 0. The highest BCUT2D eigenvalue weighted by Gasteiger charge is 2.27. The van der Waals surface area contributed by atoms with E-state index >= 15 is 0 Å². The average molecular weight is 489 g/mol. The summed E-state index contributed by atoms with van der Waals surface area (Å²) in [6.07, 6.45) is 7.10. The Hall–Kier alpha value is -4.01. The van der Waals surface area contributed by atoms with Gasteiger partial charge in [-0.3, -0.25) is 14.6 Å². The molecule has 3 aromatic rings. The van der Waals surface area contributed by atoms with Gasteiger partial charge < -0.3 is 15.0 Å². The van der Waals surface area contributed by atoms with Gasteiger partial charge in [-0.25, -0.2) is 4.68 Å². The van der Waals surface area contributed by atoms with E-state index in [0.29, 0.717) is 25.4 Å². The summed E-state index contributed by atoms with van der Waals surface area (Å²) in [6.45, 7) is 13.1. The Labute approximate surface area is 211 Å². The Morgan fingerprint density at radius 2 is 2.08 bits per heavy atom. The highest BCUT2D eigenvalue weighted by atomic mass is 16.5. The summed E-state index contributed by atoms with van der Waals surface area (Å²) in [7, 11) is 0. The van der Waals surface area contributed by atoms with Gasteiger partial charge in [0.25, 0.3) is 5.91 Å². The number of carbonyl (C=O) groups excluding carboxylic acids is 2. The van der Waals surface area contributed by atoms with E-state index < -0.39 is 0 Å². The second-order valence-electron chi connectivity index (χ2n) is 9.93. The summed E-state index contributed by atoms with van der Waals surface area (Å²) in [5, 5.41) is 11.0. The van der Waals surface area contributed by atoms with Crippen molar-refractivity contribution < 1.29 is 14.3 Å². The molecule has 1 atom stereocenters. The number of amides is 2. The Kier molecular flexibility index (Phi) is 7.19. The largest absolute Gasteiger partial charge is 0.486 e. The smallest absolute Gasteiger partial charge is 0.273 e. The third kappa shape index (κ3) is 5.62. The van der Waals surface area contributed by atoms with E-state index in [-0.39, 0.29) is 29.2 Å². The number of rotatable bonds is 7. The van der Waals surface area contributed by atoms with Crippen molar-refractivity contribution in [1.82, 2.24) is 30.2 Å². The van der Waals surface area contributed by atoms with Gasteiger partial charge in [0.05, 0.1) is 24.5 Å². The third-order valence-electron chi connectivity index (χ3n) is 6.22. The minimum absolute atomic E-state index is 0.0790. The number of nitrogens with one attached hydrogen (secondary N) is 1. The first-order chi connectivity index (χ1) is 17.2. The molecule has 2 amide bonds. The van der Waals surface area contributed by atoms with Crippen LogP contribution in [-0.4, -0.2) is 55.9 Å². The summed E-state index contributed by atoms with van der Waals surface area (Å²) in [5.74, 6) is 0.335. The number of hydrogen-bond acceptors (Lipinski definition) is 6. The van der Waals surface area contributed by atoms with Crippen LogP contribution in [0.2, 0.25) is 0 Å². The molecule has 1 aliphatic heterocycles. The van der Waals surface area contributed by atoms with Crippen LogP contribution in [0, 0.1) is 6.92 Å². The number of aryl methyl sites for hydroxylation is 1. The molecule has 36 heavy (non-hydrogen) atoms. The fraction of sp³-hybridized carbons (Fsp3) is 0.370. The van der Waals surface area contributed by atoms with Crippen molar-refractivity contribution >= 4 is 11.8 Å². The van der Waals surface area contributed by atoms with E-state index in [9.17, 15) is 9.59 Å². The summed E-state index contributed by atoms with van der Waals surface area (Å²) in [5.41, 5.74) is 4.01. The van der Waals surface area contributed by atoms with E-state index in [2.05, 4.69) is 33.3 Å². The molecule has 1 aliphatic rings. The number of likely N-dealkylation sites (tertiary alicyclic amines) is 1. The van der Waals surface area contributed by atoms with Crippen molar-refractivity contribution in [3.05, 3.63) is 72.3 Å². The molecule has 0 aliphatic carbocycles. The van der Waals surface area contributed by atoms with Gasteiger partial charge >= 0.3 is 0 Å². The minimum Gasteiger partial charge on any atom is -0.486 e. The highest BCUT2D eigenvalue weighted by Crippen LogP contribution is 2.32. The maximum Gasteiger partial charge on any atom is 0.273 e. The molecule has 3 heterocycles. The summed E-state index contributed by atoms with van der Waals surface area (Å²) in [6, 6.07) is 8.00.